The number of thioether (sulfide) groups is 1. The van der Waals surface area contributed by atoms with Crippen molar-refractivity contribution >= 4 is 55.9 Å². The van der Waals surface area contributed by atoms with Crippen molar-refractivity contribution in [1.82, 2.24) is 15.0 Å². The number of benzene rings is 3. The Labute approximate surface area is 233 Å². The maximum atomic E-state index is 6.68. The molecule has 0 saturated heterocycles. The van der Waals surface area contributed by atoms with Crippen LogP contribution in [0.4, 0.5) is 0 Å². The number of hydrogen-bond acceptors (Lipinski definition) is 4. The van der Waals surface area contributed by atoms with Crippen molar-refractivity contribution in [2.75, 3.05) is 0 Å². The lowest BCUT2D eigenvalue weighted by atomic mass is 9.97. The van der Waals surface area contributed by atoms with E-state index in [9.17, 15) is 0 Å². The molecule has 0 bridgehead atoms. The van der Waals surface area contributed by atoms with Crippen LogP contribution < -0.4 is 5.43 Å². The molecule has 4 nitrogen and oxygen atoms in total. The van der Waals surface area contributed by atoms with Gasteiger partial charge >= 0.3 is 0 Å². The Morgan fingerprint density at radius 2 is 1.81 bits per heavy atom. The van der Waals surface area contributed by atoms with E-state index in [2.05, 4.69) is 75.3 Å². The molecule has 8 heteroatoms. The lowest BCUT2D eigenvalue weighted by molar-refractivity contribution is 0.713. The van der Waals surface area contributed by atoms with E-state index in [-0.39, 0.29) is 10.8 Å². The summed E-state index contributed by atoms with van der Waals surface area (Å²) in [5.74, 6) is 0.797. The molecule has 0 radical (unpaired) electrons. The van der Waals surface area contributed by atoms with E-state index >= 15 is 0 Å². The van der Waals surface area contributed by atoms with Gasteiger partial charge in [-0.25, -0.2) is 4.98 Å². The summed E-state index contributed by atoms with van der Waals surface area (Å²) in [5.41, 5.74) is 8.75. The minimum Gasteiger partial charge on any atom is -0.296 e. The molecule has 3 aromatic carbocycles. The van der Waals surface area contributed by atoms with Crippen molar-refractivity contribution in [3.05, 3.63) is 104 Å². The molecular weight excluding hydrogens is 575 g/mol. The molecule has 2 aliphatic rings. The summed E-state index contributed by atoms with van der Waals surface area (Å²) in [6.45, 7) is 2.16. The number of imidazole rings is 1. The Morgan fingerprint density at radius 3 is 2.47 bits per heavy atom. The summed E-state index contributed by atoms with van der Waals surface area (Å²) in [4.78, 5) is 5.20. The van der Waals surface area contributed by atoms with E-state index in [0.29, 0.717) is 10.0 Å². The predicted octanol–water partition coefficient (Wildman–Crippen LogP) is 8.55. The van der Waals surface area contributed by atoms with Crippen LogP contribution in [0, 0.1) is 0 Å². The molecule has 36 heavy (non-hydrogen) atoms. The van der Waals surface area contributed by atoms with E-state index in [1.807, 2.05) is 24.3 Å². The Kier molecular flexibility index (Phi) is 6.41. The summed E-state index contributed by atoms with van der Waals surface area (Å²) in [5, 5.41) is 7.08. The van der Waals surface area contributed by atoms with Gasteiger partial charge in [0.25, 0.3) is 0 Å². The van der Waals surface area contributed by atoms with Crippen molar-refractivity contribution in [2.45, 2.75) is 37.0 Å². The Hall–Kier alpha value is -2.25. The van der Waals surface area contributed by atoms with Crippen LogP contribution in [-0.4, -0.2) is 14.6 Å². The molecule has 182 valence electrons. The Morgan fingerprint density at radius 1 is 1.06 bits per heavy atom. The molecule has 1 N–H and O–H groups in total. The number of aromatic nitrogens is 2. The molecular formula is C28H23BrCl2N4S. The van der Waals surface area contributed by atoms with Gasteiger partial charge in [-0.3, -0.25) is 9.99 Å². The maximum Gasteiger partial charge on any atom is 0.146 e. The molecule has 1 fully saturated rings. The number of hydrogen-bond donors (Lipinski definition) is 1. The fraction of sp³-hybridized carbons (Fsp3) is 0.214. The smallest absolute Gasteiger partial charge is 0.146 e. The topological polar surface area (TPSA) is 42.2 Å². The molecule has 1 aromatic heterocycles. The largest absolute Gasteiger partial charge is 0.296 e. The van der Waals surface area contributed by atoms with Crippen LogP contribution in [0.5, 0.6) is 0 Å². The maximum absolute atomic E-state index is 6.68. The van der Waals surface area contributed by atoms with Crippen LogP contribution in [0.15, 0.2) is 82.4 Å². The van der Waals surface area contributed by atoms with E-state index in [0.717, 1.165) is 57.2 Å². The minimum absolute atomic E-state index is 0.0244. The fourth-order valence-electron chi connectivity index (χ4n) is 4.87. The quantitative estimate of drug-likeness (QED) is 0.242. The first-order valence-electron chi connectivity index (χ1n) is 11.9. The third kappa shape index (κ3) is 4.18. The fourth-order valence-corrected chi connectivity index (χ4v) is 6.91. The molecule has 1 aliphatic heterocycles. The molecule has 6 rings (SSSR count). The monoisotopic (exact) mass is 596 g/mol. The van der Waals surface area contributed by atoms with Gasteiger partial charge in [-0.05, 0) is 67.3 Å². The Bertz CT molecular complexity index is 1460. The van der Waals surface area contributed by atoms with Crippen molar-refractivity contribution in [3.63, 3.8) is 0 Å². The lowest BCUT2D eigenvalue weighted by Crippen LogP contribution is -2.16. The second-order valence-electron chi connectivity index (χ2n) is 9.05. The standard InChI is InChI=1S/C28H23BrCl2N4S/c1-2-23-24(26-33-34-27(36-26)28(14-15-28)17-6-4-3-5-7-17)32-25(21-13-10-19(30)16-22(21)31)35(23)20-11-8-18(29)9-12-20/h3-13,16,26,33H,2,14-15H2,1H3. The highest BCUT2D eigenvalue weighted by molar-refractivity contribution is 9.10. The van der Waals surface area contributed by atoms with E-state index in [1.165, 1.54) is 5.56 Å². The van der Waals surface area contributed by atoms with Gasteiger partial charge in [-0.2, -0.15) is 5.10 Å². The zero-order valence-electron chi connectivity index (χ0n) is 19.5. The molecule has 1 unspecified atom stereocenters. The van der Waals surface area contributed by atoms with Gasteiger partial charge < -0.3 is 0 Å². The summed E-state index contributed by atoms with van der Waals surface area (Å²) in [7, 11) is 0. The number of nitrogens with zero attached hydrogens (tertiary/aromatic N) is 3. The highest BCUT2D eigenvalue weighted by atomic mass is 79.9. The summed E-state index contributed by atoms with van der Waals surface area (Å²) < 4.78 is 3.23. The van der Waals surface area contributed by atoms with Gasteiger partial charge in [0.05, 0.1) is 10.7 Å². The molecule has 0 spiro atoms. The first kappa shape index (κ1) is 24.1. The number of rotatable bonds is 6. The third-order valence-corrected chi connectivity index (χ3v) is 9.19. The summed E-state index contributed by atoms with van der Waals surface area (Å²) in [6, 6.07) is 24.5. The van der Waals surface area contributed by atoms with Gasteiger partial charge in [-0.1, -0.05) is 88.1 Å². The zero-order chi connectivity index (χ0) is 24.9. The average Bonchev–Trinajstić information content (AvgIpc) is 3.39. The summed E-state index contributed by atoms with van der Waals surface area (Å²) in [6.07, 6.45) is 3.05. The van der Waals surface area contributed by atoms with Crippen molar-refractivity contribution < 1.29 is 0 Å². The molecule has 1 saturated carbocycles. The van der Waals surface area contributed by atoms with Crippen LogP contribution in [0.1, 0.15) is 42.1 Å². The van der Waals surface area contributed by atoms with E-state index < -0.39 is 0 Å². The van der Waals surface area contributed by atoms with E-state index in [1.54, 1.807) is 17.8 Å². The first-order chi connectivity index (χ1) is 17.5. The molecule has 1 aliphatic carbocycles. The average molecular weight is 598 g/mol. The molecule has 1 atom stereocenters. The lowest BCUT2D eigenvalue weighted by Gasteiger charge is -2.16. The highest BCUT2D eigenvalue weighted by Gasteiger charge is 2.51. The number of hydrazone groups is 1. The van der Waals surface area contributed by atoms with Crippen molar-refractivity contribution in [1.29, 1.82) is 0 Å². The van der Waals surface area contributed by atoms with Gasteiger partial charge in [0.1, 0.15) is 16.2 Å². The minimum atomic E-state index is -0.0716. The van der Waals surface area contributed by atoms with Crippen LogP contribution in [-0.2, 0) is 11.8 Å². The van der Waals surface area contributed by atoms with Crippen LogP contribution >= 0.6 is 50.9 Å². The van der Waals surface area contributed by atoms with Crippen molar-refractivity contribution in [2.24, 2.45) is 5.10 Å². The first-order valence-corrected chi connectivity index (χ1v) is 14.3. The van der Waals surface area contributed by atoms with Gasteiger partial charge in [0.2, 0.25) is 0 Å². The van der Waals surface area contributed by atoms with Crippen molar-refractivity contribution in [3.8, 4) is 17.1 Å². The highest BCUT2D eigenvalue weighted by Crippen LogP contribution is 2.55. The van der Waals surface area contributed by atoms with Gasteiger partial charge in [-0.15, -0.1) is 0 Å². The summed E-state index contributed by atoms with van der Waals surface area (Å²) >= 11 is 18.2. The normalized spacial score (nSPS) is 18.1. The Balaban J connectivity index is 1.43. The number of halogens is 3. The predicted molar refractivity (Wildman–Crippen MR) is 154 cm³/mol. The van der Waals surface area contributed by atoms with Gasteiger partial charge in [0.15, 0.2) is 0 Å². The second-order valence-corrected chi connectivity index (χ2v) is 11.9. The molecule has 0 amide bonds. The van der Waals surface area contributed by atoms with Crippen LogP contribution in [0.3, 0.4) is 0 Å². The number of nitrogens with one attached hydrogen (secondary N) is 1. The third-order valence-electron chi connectivity index (χ3n) is 6.84. The van der Waals surface area contributed by atoms with E-state index in [4.69, 9.17) is 33.3 Å². The van der Waals surface area contributed by atoms with Crippen LogP contribution in [0.25, 0.3) is 17.1 Å². The van der Waals surface area contributed by atoms with Crippen LogP contribution in [0.2, 0.25) is 10.0 Å². The van der Waals surface area contributed by atoms with Gasteiger partial charge in [0, 0.05) is 31.9 Å². The zero-order valence-corrected chi connectivity index (χ0v) is 23.4. The molecule has 4 aromatic rings. The molecule has 2 heterocycles. The SMILES string of the molecule is CCc1c(C2NN=C(C3(c4ccccc4)CC3)S2)nc(-c2ccc(Cl)cc2Cl)n1-c1ccc(Br)cc1. The second kappa shape index (κ2) is 9.56.